The minimum Gasteiger partial charge on any atom is -0.102 e. The Morgan fingerprint density at radius 2 is 1.50 bits per heavy atom. The third kappa shape index (κ3) is 0.423. The summed E-state index contributed by atoms with van der Waals surface area (Å²) in [5.41, 5.74) is 0. The van der Waals surface area contributed by atoms with Gasteiger partial charge in [0.05, 0.1) is 0 Å². The summed E-state index contributed by atoms with van der Waals surface area (Å²) in [5.74, 6) is 0. The highest BCUT2D eigenvalue weighted by Crippen LogP contribution is 1.40. The largest absolute Gasteiger partial charge is 0.248 e. The molecule has 5 nitrogen and oxygen atoms in total. The van der Waals surface area contributed by atoms with E-state index in [1.807, 2.05) is 0 Å². The summed E-state index contributed by atoms with van der Waals surface area (Å²) in [7, 11) is 0. The lowest BCUT2D eigenvalue weighted by Gasteiger charge is -1.64. The molecule has 1 heterocycles. The average molecular weight is 82.0 g/mol. The molecule has 0 aromatic carbocycles. The summed E-state index contributed by atoms with van der Waals surface area (Å²) in [5, 5.41) is 15.4. The molecule has 0 spiro atoms. The summed E-state index contributed by atoms with van der Waals surface area (Å²) in [6, 6.07) is 0. The second-order valence-corrected chi connectivity index (χ2v) is 0.568. The third-order valence-corrected chi connectivity index (χ3v) is 0.259. The predicted octanol–water partition coefficient (Wildman–Crippen LogP) is -1.54. The zero-order valence-electron chi connectivity index (χ0n) is 2.74. The van der Waals surface area contributed by atoms with Gasteiger partial charge in [-0.05, 0) is 15.6 Å². The van der Waals surface area contributed by atoms with Gasteiger partial charge in [0.1, 0.15) is 0 Å². The molecule has 0 fully saturated rings. The maximum atomic E-state index is 3.12. The van der Waals surface area contributed by atoms with E-state index in [4.69, 9.17) is 0 Å². The molecule has 1 radical (unpaired) electrons. The molecule has 0 amide bonds. The molecule has 6 heavy (non-hydrogen) atoms. The molecule has 0 aliphatic carbocycles. The van der Waals surface area contributed by atoms with Gasteiger partial charge in [0.15, 0.2) is 0 Å². The van der Waals surface area contributed by atoms with E-state index in [-0.39, 0.29) is 0 Å². The van der Waals surface area contributed by atoms with Crippen molar-refractivity contribution in [3.05, 3.63) is 6.33 Å². The lowest BCUT2D eigenvalue weighted by Crippen LogP contribution is -1.90. The fraction of sp³-hybridized carbons (Fsp3) is 0. The van der Waals surface area contributed by atoms with Crippen LogP contribution in [0.1, 0.15) is 0 Å². The van der Waals surface area contributed by atoms with Crippen molar-refractivity contribution >= 4 is 0 Å². The van der Waals surface area contributed by atoms with Crippen molar-refractivity contribution in [2.24, 2.45) is 0 Å². The summed E-state index contributed by atoms with van der Waals surface area (Å²) in [4.78, 5) is 0. The Balaban J connectivity index is 3.00. The molecular weight excluding hydrogens is 82.0 g/mol. The number of hydrogen-bond donors (Lipinski definition) is 0. The van der Waals surface area contributed by atoms with Crippen molar-refractivity contribution in [2.45, 2.75) is 0 Å². The van der Waals surface area contributed by atoms with E-state index < -0.39 is 0 Å². The van der Waals surface area contributed by atoms with Gasteiger partial charge in [-0.15, -0.1) is 10.2 Å². The molecule has 29 valence electrons. The van der Waals surface area contributed by atoms with Crippen molar-refractivity contribution in [1.29, 1.82) is 0 Å². The van der Waals surface area contributed by atoms with Crippen LogP contribution in [0.5, 0.6) is 0 Å². The highest BCUT2D eigenvalue weighted by atomic mass is 15.5. The van der Waals surface area contributed by atoms with E-state index >= 15 is 0 Å². The van der Waals surface area contributed by atoms with Gasteiger partial charge in [0, 0.05) is 0 Å². The molecule has 0 saturated carbocycles. The van der Waals surface area contributed by atoms with Crippen molar-refractivity contribution < 1.29 is 0 Å². The fourth-order valence-electron chi connectivity index (χ4n) is 0.118. The second kappa shape index (κ2) is 1.34. The Kier molecular flexibility index (Phi) is 0.689. The van der Waals surface area contributed by atoms with E-state index in [0.29, 0.717) is 0 Å². The molecule has 1 aromatic heterocycles. The van der Waals surface area contributed by atoms with Gasteiger partial charge in [-0.3, -0.25) is 0 Å². The van der Waals surface area contributed by atoms with Crippen LogP contribution in [0.4, 0.5) is 0 Å². The molecule has 0 aliphatic rings. The SMILES string of the molecule is [c]1nnnnn1. The topological polar surface area (TPSA) is 64.5 Å². The Morgan fingerprint density at radius 3 is 1.67 bits per heavy atom. The lowest BCUT2D eigenvalue weighted by molar-refractivity contribution is 0.673. The van der Waals surface area contributed by atoms with Crippen LogP contribution in [0.15, 0.2) is 0 Å². The maximum absolute atomic E-state index is 3.12. The molecule has 0 unspecified atom stereocenters. The van der Waals surface area contributed by atoms with Crippen LogP contribution in [0, 0.1) is 6.33 Å². The molecule has 0 N–H and O–H groups in total. The Bertz CT molecular complexity index is 75.9. The van der Waals surface area contributed by atoms with Crippen molar-refractivity contribution in [2.75, 3.05) is 0 Å². The van der Waals surface area contributed by atoms with E-state index in [1.54, 1.807) is 0 Å². The monoisotopic (exact) mass is 82.0 g/mol. The van der Waals surface area contributed by atoms with Gasteiger partial charge < -0.3 is 0 Å². The molecule has 0 saturated heterocycles. The molecule has 0 atom stereocenters. The van der Waals surface area contributed by atoms with Crippen LogP contribution in [0.25, 0.3) is 0 Å². The van der Waals surface area contributed by atoms with Crippen LogP contribution in [-0.4, -0.2) is 25.8 Å². The van der Waals surface area contributed by atoms with Gasteiger partial charge in [0.25, 0.3) is 0 Å². The first-order valence-electron chi connectivity index (χ1n) is 1.25. The zero-order chi connectivity index (χ0) is 4.24. The van der Waals surface area contributed by atoms with E-state index in [2.05, 4.69) is 32.2 Å². The first kappa shape index (κ1) is 3.08. The second-order valence-electron chi connectivity index (χ2n) is 0.568. The highest BCUT2D eigenvalue weighted by Gasteiger charge is 1.64. The van der Waals surface area contributed by atoms with Crippen LogP contribution >= 0.6 is 0 Å². The Labute approximate surface area is 33.4 Å². The number of nitrogens with zero attached hydrogens (tertiary/aromatic N) is 5. The van der Waals surface area contributed by atoms with Crippen LogP contribution in [0.3, 0.4) is 0 Å². The van der Waals surface area contributed by atoms with Gasteiger partial charge in [-0.25, -0.2) is 0 Å². The van der Waals surface area contributed by atoms with Crippen molar-refractivity contribution in [3.63, 3.8) is 0 Å². The molecule has 0 aliphatic heterocycles. The molecule has 0 bridgehead atoms. The standard InChI is InChI=1S/CN5/c1-2-4-6-5-3-1. The molecule has 1 aromatic rings. The normalized spacial score (nSPS) is 8.00. The minimum atomic E-state index is 2.11. The quantitative estimate of drug-likeness (QED) is 0.379. The molecular formula is CN5. The summed E-state index contributed by atoms with van der Waals surface area (Å²) >= 11 is 0. The molecule has 5 heteroatoms. The van der Waals surface area contributed by atoms with Crippen molar-refractivity contribution in [1.82, 2.24) is 25.8 Å². The third-order valence-electron chi connectivity index (χ3n) is 0.259. The van der Waals surface area contributed by atoms with E-state index in [1.165, 1.54) is 0 Å². The van der Waals surface area contributed by atoms with E-state index in [0.717, 1.165) is 0 Å². The number of aromatic nitrogens is 5. The lowest BCUT2D eigenvalue weighted by atomic mass is 11.4. The summed E-state index contributed by atoms with van der Waals surface area (Å²) in [6.45, 7) is 0. The number of rotatable bonds is 0. The zero-order valence-corrected chi connectivity index (χ0v) is 2.74. The number of hydrogen-bond acceptors (Lipinski definition) is 5. The fourth-order valence-corrected chi connectivity index (χ4v) is 0.118. The van der Waals surface area contributed by atoms with E-state index in [9.17, 15) is 0 Å². The highest BCUT2D eigenvalue weighted by molar-refractivity contribution is 4.17. The molecule has 1 rings (SSSR count). The smallest absolute Gasteiger partial charge is 0.102 e. The summed E-state index contributed by atoms with van der Waals surface area (Å²) < 4.78 is 0. The van der Waals surface area contributed by atoms with Gasteiger partial charge in [-0.2, -0.15) is 0 Å². The summed E-state index contributed by atoms with van der Waals surface area (Å²) in [6.07, 6.45) is 2.11. The first-order valence-corrected chi connectivity index (χ1v) is 1.25. The van der Waals surface area contributed by atoms with Crippen molar-refractivity contribution in [3.8, 4) is 0 Å². The first-order chi connectivity index (χ1) is 3.00. The Hall–Kier alpha value is -1.13. The Morgan fingerprint density at radius 1 is 0.833 bits per heavy atom. The van der Waals surface area contributed by atoms with Crippen LogP contribution in [0.2, 0.25) is 0 Å². The van der Waals surface area contributed by atoms with Crippen LogP contribution in [-0.2, 0) is 0 Å². The average Bonchev–Trinajstić information content (AvgIpc) is 1.72. The van der Waals surface area contributed by atoms with Gasteiger partial charge >= 0.3 is 0 Å². The predicted molar refractivity (Wildman–Crippen MR) is 14.3 cm³/mol. The van der Waals surface area contributed by atoms with Gasteiger partial charge in [0.2, 0.25) is 6.33 Å². The van der Waals surface area contributed by atoms with Crippen LogP contribution < -0.4 is 0 Å². The minimum absolute atomic E-state index is 2.11. The van der Waals surface area contributed by atoms with Gasteiger partial charge in [-0.1, -0.05) is 0 Å². The maximum Gasteiger partial charge on any atom is 0.248 e.